The molecule has 2 N–H and O–H groups in total. The maximum absolute atomic E-state index is 6.15. The number of thioether (sulfide) groups is 1. The van der Waals surface area contributed by atoms with Crippen molar-refractivity contribution in [1.82, 2.24) is 5.32 Å². The van der Waals surface area contributed by atoms with Crippen molar-refractivity contribution in [2.24, 2.45) is 0 Å². The quantitative estimate of drug-likeness (QED) is 0.418. The van der Waals surface area contributed by atoms with Gasteiger partial charge in [0.05, 0.1) is 0 Å². The second-order valence-corrected chi connectivity index (χ2v) is 7.95. The van der Waals surface area contributed by atoms with Crippen molar-refractivity contribution in [3.05, 3.63) is 62.5 Å². The fourth-order valence-corrected chi connectivity index (χ4v) is 3.84. The number of nitrogens with one attached hydrogen (secondary N) is 2. The average Bonchev–Trinajstić information content (AvgIpc) is 2.49. The molecule has 0 aliphatic carbocycles. The zero-order valence-corrected chi connectivity index (χ0v) is 16.8. The summed E-state index contributed by atoms with van der Waals surface area (Å²) < 4.78 is 1.01. The van der Waals surface area contributed by atoms with Crippen LogP contribution in [0.5, 0.6) is 0 Å². The van der Waals surface area contributed by atoms with Gasteiger partial charge in [-0.25, -0.2) is 0 Å². The summed E-state index contributed by atoms with van der Waals surface area (Å²) in [6.45, 7) is 0.787. The lowest BCUT2D eigenvalue weighted by molar-refractivity contribution is 0.990. The summed E-state index contributed by atoms with van der Waals surface area (Å²) >= 11 is 22.5. The molecule has 0 atom stereocenters. The van der Waals surface area contributed by atoms with Crippen LogP contribution in [0.15, 0.2) is 46.9 Å². The Morgan fingerprint density at radius 2 is 2.00 bits per heavy atom. The second kappa shape index (κ2) is 9.74. The second-order valence-electron chi connectivity index (χ2n) is 4.68. The zero-order valence-electron chi connectivity index (χ0n) is 12.1. The van der Waals surface area contributed by atoms with Crippen molar-refractivity contribution in [2.75, 3.05) is 17.6 Å². The van der Waals surface area contributed by atoms with Crippen molar-refractivity contribution >= 4 is 73.9 Å². The van der Waals surface area contributed by atoms with Gasteiger partial charge in [0, 0.05) is 38.3 Å². The molecule has 2 nitrogen and oxygen atoms in total. The molecule has 0 fully saturated rings. The van der Waals surface area contributed by atoms with Crippen LogP contribution in [-0.4, -0.2) is 17.4 Å². The molecule has 0 bridgehead atoms. The number of rotatable bonds is 6. The minimum Gasteiger partial charge on any atom is -0.362 e. The monoisotopic (exact) mass is 448 g/mol. The molecule has 23 heavy (non-hydrogen) atoms. The van der Waals surface area contributed by atoms with Crippen LogP contribution < -0.4 is 10.6 Å². The Balaban J connectivity index is 1.66. The highest BCUT2D eigenvalue weighted by Crippen LogP contribution is 2.24. The average molecular weight is 450 g/mol. The molecule has 0 saturated heterocycles. The summed E-state index contributed by atoms with van der Waals surface area (Å²) in [6, 6.07) is 13.5. The largest absolute Gasteiger partial charge is 0.362 e. The number of anilines is 1. The van der Waals surface area contributed by atoms with Gasteiger partial charge >= 0.3 is 0 Å². The predicted octanol–water partition coefficient (Wildman–Crippen LogP) is 5.98. The molecule has 2 aromatic rings. The highest BCUT2D eigenvalue weighted by molar-refractivity contribution is 9.10. The normalized spacial score (nSPS) is 10.4. The van der Waals surface area contributed by atoms with Gasteiger partial charge in [0.1, 0.15) is 0 Å². The van der Waals surface area contributed by atoms with Crippen LogP contribution in [-0.2, 0) is 5.75 Å². The van der Waals surface area contributed by atoms with E-state index in [1.54, 1.807) is 17.8 Å². The first kappa shape index (κ1) is 18.9. The van der Waals surface area contributed by atoms with Crippen LogP contribution >= 0.6 is 63.1 Å². The van der Waals surface area contributed by atoms with E-state index in [-0.39, 0.29) is 0 Å². The van der Waals surface area contributed by atoms with E-state index in [1.807, 2.05) is 36.4 Å². The summed E-state index contributed by atoms with van der Waals surface area (Å²) in [5.41, 5.74) is 2.05. The van der Waals surface area contributed by atoms with Gasteiger partial charge in [0.2, 0.25) is 0 Å². The van der Waals surface area contributed by atoms with Gasteiger partial charge in [-0.2, -0.15) is 11.8 Å². The first-order valence-electron chi connectivity index (χ1n) is 6.86. The van der Waals surface area contributed by atoms with Crippen molar-refractivity contribution in [1.29, 1.82) is 0 Å². The van der Waals surface area contributed by atoms with Gasteiger partial charge in [0.15, 0.2) is 5.11 Å². The lowest BCUT2D eigenvalue weighted by atomic mass is 10.2. The third-order valence-electron chi connectivity index (χ3n) is 2.89. The predicted molar refractivity (Wildman–Crippen MR) is 111 cm³/mol. The molecular formula is C16H15BrCl2N2S2. The first-order chi connectivity index (χ1) is 11.0. The molecule has 0 heterocycles. The Bertz CT molecular complexity index is 683. The van der Waals surface area contributed by atoms with E-state index < -0.39 is 0 Å². The molecule has 0 saturated carbocycles. The van der Waals surface area contributed by atoms with Crippen LogP contribution in [0.3, 0.4) is 0 Å². The highest BCUT2D eigenvalue weighted by atomic mass is 79.9. The Morgan fingerprint density at radius 3 is 2.74 bits per heavy atom. The number of thiocarbonyl (C=S) groups is 1. The van der Waals surface area contributed by atoms with Gasteiger partial charge in [-0.15, -0.1) is 0 Å². The lowest BCUT2D eigenvalue weighted by Crippen LogP contribution is -2.30. The Hall–Kier alpha value is -0.460. The summed E-state index contributed by atoms with van der Waals surface area (Å²) in [5, 5.41) is 8.34. The van der Waals surface area contributed by atoms with E-state index >= 15 is 0 Å². The Kier molecular flexibility index (Phi) is 7.99. The van der Waals surface area contributed by atoms with Crippen molar-refractivity contribution in [3.8, 4) is 0 Å². The van der Waals surface area contributed by atoms with E-state index in [1.165, 1.54) is 0 Å². The summed E-state index contributed by atoms with van der Waals surface area (Å²) in [5.74, 6) is 1.78. The van der Waals surface area contributed by atoms with E-state index in [2.05, 4.69) is 26.6 Å². The van der Waals surface area contributed by atoms with Crippen LogP contribution in [0.2, 0.25) is 10.0 Å². The number of hydrogen-bond acceptors (Lipinski definition) is 2. The summed E-state index contributed by atoms with van der Waals surface area (Å²) in [4.78, 5) is 0. The zero-order chi connectivity index (χ0) is 16.7. The number of benzene rings is 2. The molecular weight excluding hydrogens is 435 g/mol. The lowest BCUT2D eigenvalue weighted by Gasteiger charge is -2.11. The van der Waals surface area contributed by atoms with E-state index in [0.29, 0.717) is 15.2 Å². The van der Waals surface area contributed by atoms with Crippen molar-refractivity contribution in [2.45, 2.75) is 5.75 Å². The molecule has 0 aliphatic rings. The molecule has 0 spiro atoms. The Morgan fingerprint density at radius 1 is 1.17 bits per heavy atom. The number of halogens is 3. The van der Waals surface area contributed by atoms with Crippen molar-refractivity contribution in [3.63, 3.8) is 0 Å². The molecule has 2 rings (SSSR count). The fraction of sp³-hybridized carbons (Fsp3) is 0.188. The smallest absolute Gasteiger partial charge is 0.170 e. The standard InChI is InChI=1S/C16H15BrCl2N2S2/c17-12-2-1-3-14(8-12)21-16(22)20-6-7-23-10-11-4-5-13(18)9-15(11)19/h1-5,8-9H,6-7,10H2,(H2,20,21,22). The topological polar surface area (TPSA) is 24.1 Å². The molecule has 0 aliphatic heterocycles. The molecule has 0 unspecified atom stereocenters. The summed E-state index contributed by atoms with van der Waals surface area (Å²) in [7, 11) is 0. The fourth-order valence-electron chi connectivity index (χ4n) is 1.80. The third kappa shape index (κ3) is 6.89. The molecule has 0 amide bonds. The molecule has 0 radical (unpaired) electrons. The van der Waals surface area contributed by atoms with E-state index in [0.717, 1.165) is 33.8 Å². The van der Waals surface area contributed by atoms with Crippen LogP contribution in [0.1, 0.15) is 5.56 Å². The molecule has 122 valence electrons. The van der Waals surface area contributed by atoms with Crippen LogP contribution in [0.25, 0.3) is 0 Å². The minimum atomic E-state index is 0.619. The molecule has 0 aromatic heterocycles. The third-order valence-corrected chi connectivity index (χ3v) is 5.22. The van der Waals surface area contributed by atoms with Gasteiger partial charge < -0.3 is 10.6 Å². The minimum absolute atomic E-state index is 0.619. The number of hydrogen-bond donors (Lipinski definition) is 2. The SMILES string of the molecule is S=C(NCCSCc1ccc(Cl)cc1Cl)Nc1cccc(Br)c1. The van der Waals surface area contributed by atoms with Crippen LogP contribution in [0, 0.1) is 0 Å². The van der Waals surface area contributed by atoms with E-state index in [4.69, 9.17) is 35.4 Å². The van der Waals surface area contributed by atoms with Gasteiger partial charge in [-0.3, -0.25) is 0 Å². The maximum atomic E-state index is 6.15. The van der Waals surface area contributed by atoms with Gasteiger partial charge in [0.25, 0.3) is 0 Å². The van der Waals surface area contributed by atoms with Gasteiger partial charge in [-0.05, 0) is 48.1 Å². The highest BCUT2D eigenvalue weighted by Gasteiger charge is 2.02. The molecule has 2 aromatic carbocycles. The summed E-state index contributed by atoms with van der Waals surface area (Å²) in [6.07, 6.45) is 0. The Labute approximate surface area is 164 Å². The van der Waals surface area contributed by atoms with Crippen LogP contribution in [0.4, 0.5) is 5.69 Å². The van der Waals surface area contributed by atoms with Gasteiger partial charge in [-0.1, -0.05) is 51.3 Å². The first-order valence-corrected chi connectivity index (χ1v) is 9.98. The van der Waals surface area contributed by atoms with E-state index in [9.17, 15) is 0 Å². The maximum Gasteiger partial charge on any atom is 0.170 e. The molecule has 7 heteroatoms. The van der Waals surface area contributed by atoms with Crippen molar-refractivity contribution < 1.29 is 0 Å².